The quantitative estimate of drug-likeness (QED) is 0.313. The van der Waals surface area contributed by atoms with E-state index >= 15 is 0 Å². The summed E-state index contributed by atoms with van der Waals surface area (Å²) < 4.78 is 3.68. The number of esters is 1. The van der Waals surface area contributed by atoms with Crippen molar-refractivity contribution in [3.05, 3.63) is 0 Å². The predicted molar refractivity (Wildman–Crippen MR) is 84.6 cm³/mol. The van der Waals surface area contributed by atoms with Crippen molar-refractivity contribution in [3.8, 4) is 11.5 Å². The van der Waals surface area contributed by atoms with Gasteiger partial charge in [0.15, 0.2) is 0 Å². The van der Waals surface area contributed by atoms with Gasteiger partial charge >= 0.3 is 5.97 Å². The third-order valence-corrected chi connectivity index (χ3v) is 5.03. The number of fused-ring (bicyclic) bond motifs is 1. The summed E-state index contributed by atoms with van der Waals surface area (Å²) in [7, 11) is -1.46. The zero-order valence-corrected chi connectivity index (χ0v) is 15.1. The Bertz CT molecular complexity index is 475. The molecule has 2 fully saturated rings. The Balaban J connectivity index is 2.24. The van der Waals surface area contributed by atoms with Crippen LogP contribution in [0.3, 0.4) is 0 Å². The number of hydrogen-bond donors (Lipinski definition) is 0. The first-order chi connectivity index (χ1) is 9.06. The van der Waals surface area contributed by atoms with Crippen molar-refractivity contribution in [2.24, 2.45) is 0 Å². The highest BCUT2D eigenvalue weighted by molar-refractivity contribution is 6.83. The van der Waals surface area contributed by atoms with E-state index < -0.39 is 23.6 Å². The van der Waals surface area contributed by atoms with Crippen LogP contribution in [0.2, 0.25) is 19.6 Å². The number of rotatable bonds is 1. The van der Waals surface area contributed by atoms with E-state index in [4.69, 9.17) is 39.5 Å². The van der Waals surface area contributed by atoms with Crippen molar-refractivity contribution >= 4 is 48.8 Å². The Labute approximate surface area is 135 Å². The van der Waals surface area contributed by atoms with Crippen molar-refractivity contribution in [3.63, 3.8) is 0 Å². The second kappa shape index (κ2) is 5.37. The molecule has 20 heavy (non-hydrogen) atoms. The van der Waals surface area contributed by atoms with E-state index in [2.05, 4.69) is 31.1 Å². The molecule has 0 aromatic rings. The van der Waals surface area contributed by atoms with E-state index in [1.165, 1.54) is 0 Å². The van der Waals surface area contributed by atoms with E-state index in [0.29, 0.717) is 19.4 Å². The number of nitrogens with zero attached hydrogens (tertiary/aromatic N) is 1. The number of ether oxygens (including phenoxy) is 1. The van der Waals surface area contributed by atoms with Crippen molar-refractivity contribution in [2.75, 3.05) is 6.54 Å². The number of carbonyl (C=O) groups is 1. The molecule has 7 heteroatoms. The topological polar surface area (TPSA) is 29.5 Å². The fourth-order valence-corrected chi connectivity index (χ4v) is 3.80. The SMILES string of the molecule is C[Si](C)(C)C#CC[C@@]12CCCN1[C@@H](C(Cl)(Cl)Cl)OC2=O. The number of alkyl halides is 3. The van der Waals surface area contributed by atoms with Crippen LogP contribution >= 0.6 is 34.8 Å². The Morgan fingerprint density at radius 2 is 2.10 bits per heavy atom. The summed E-state index contributed by atoms with van der Waals surface area (Å²) in [6.45, 7) is 7.20. The van der Waals surface area contributed by atoms with Crippen LogP contribution in [-0.2, 0) is 9.53 Å². The summed E-state index contributed by atoms with van der Waals surface area (Å²) in [5, 5.41) is 0. The van der Waals surface area contributed by atoms with Crippen LogP contribution in [0.4, 0.5) is 0 Å². The summed E-state index contributed by atoms with van der Waals surface area (Å²) >= 11 is 17.8. The molecule has 0 aromatic heterocycles. The molecule has 0 radical (unpaired) electrons. The summed E-state index contributed by atoms with van der Waals surface area (Å²) in [4.78, 5) is 14.2. The minimum Gasteiger partial charge on any atom is -0.440 e. The molecule has 0 aromatic carbocycles. The highest BCUT2D eigenvalue weighted by atomic mass is 35.6. The smallest absolute Gasteiger partial charge is 0.329 e. The zero-order chi connectivity index (χ0) is 15.2. The molecule has 2 atom stereocenters. The number of hydrogen-bond acceptors (Lipinski definition) is 3. The molecule has 2 aliphatic heterocycles. The largest absolute Gasteiger partial charge is 0.440 e. The molecule has 2 saturated heterocycles. The highest BCUT2D eigenvalue weighted by Crippen LogP contribution is 2.47. The van der Waals surface area contributed by atoms with E-state index in [1.807, 2.05) is 4.90 Å². The Kier molecular flexibility index (Phi) is 4.41. The lowest BCUT2D eigenvalue weighted by Crippen LogP contribution is -2.49. The molecule has 0 N–H and O–H groups in total. The van der Waals surface area contributed by atoms with Crippen LogP contribution in [0.5, 0.6) is 0 Å². The lowest BCUT2D eigenvalue weighted by molar-refractivity contribution is -0.145. The summed E-state index contributed by atoms with van der Waals surface area (Å²) in [6.07, 6.45) is 1.24. The average Bonchev–Trinajstić information content (AvgIpc) is 2.76. The first-order valence-electron chi connectivity index (χ1n) is 6.61. The van der Waals surface area contributed by atoms with Gasteiger partial charge in [-0.3, -0.25) is 0 Å². The van der Waals surface area contributed by atoms with Crippen molar-refractivity contribution in [1.82, 2.24) is 4.90 Å². The molecule has 0 aliphatic carbocycles. The lowest BCUT2D eigenvalue weighted by atomic mass is 9.93. The normalized spacial score (nSPS) is 30.7. The average molecular weight is 355 g/mol. The molecule has 2 heterocycles. The van der Waals surface area contributed by atoms with Crippen molar-refractivity contribution in [2.45, 2.75) is 54.5 Å². The maximum Gasteiger partial charge on any atom is 0.329 e. The molecular formula is C13H18Cl3NO2Si. The number of carbonyl (C=O) groups excluding carboxylic acids is 1. The monoisotopic (exact) mass is 353 g/mol. The first kappa shape index (κ1) is 16.4. The minimum absolute atomic E-state index is 0.309. The summed E-state index contributed by atoms with van der Waals surface area (Å²) in [5.41, 5.74) is 2.56. The molecule has 0 amide bonds. The van der Waals surface area contributed by atoms with Crippen LogP contribution in [0.1, 0.15) is 19.3 Å². The fourth-order valence-electron chi connectivity index (χ4n) is 2.70. The minimum atomic E-state index is -1.63. The maximum absolute atomic E-state index is 12.3. The molecule has 0 spiro atoms. The second-order valence-electron chi connectivity index (χ2n) is 6.36. The van der Waals surface area contributed by atoms with Gasteiger partial charge < -0.3 is 4.74 Å². The van der Waals surface area contributed by atoms with Crippen molar-refractivity contribution in [1.29, 1.82) is 0 Å². The van der Waals surface area contributed by atoms with Crippen molar-refractivity contribution < 1.29 is 9.53 Å². The van der Waals surface area contributed by atoms with Gasteiger partial charge in [-0.15, -0.1) is 11.5 Å². The van der Waals surface area contributed by atoms with E-state index in [9.17, 15) is 4.79 Å². The van der Waals surface area contributed by atoms with Crippen LogP contribution in [-0.4, -0.2) is 41.0 Å². The van der Waals surface area contributed by atoms with Gasteiger partial charge in [0.05, 0.1) is 0 Å². The second-order valence-corrected chi connectivity index (χ2v) is 13.5. The summed E-state index contributed by atoms with van der Waals surface area (Å²) in [6, 6.07) is 0. The van der Waals surface area contributed by atoms with Gasteiger partial charge in [-0.1, -0.05) is 54.4 Å². The van der Waals surface area contributed by atoms with Gasteiger partial charge in [-0.05, 0) is 12.8 Å². The molecule has 2 rings (SSSR count). The number of cyclic esters (lactones) is 1. The van der Waals surface area contributed by atoms with Gasteiger partial charge in [0.25, 0.3) is 0 Å². The third kappa shape index (κ3) is 3.12. The Hall–Kier alpha value is 0.0769. The van der Waals surface area contributed by atoms with E-state index in [0.717, 1.165) is 6.42 Å². The lowest BCUT2D eigenvalue weighted by Gasteiger charge is -2.30. The Morgan fingerprint density at radius 1 is 1.45 bits per heavy atom. The van der Waals surface area contributed by atoms with Gasteiger partial charge in [0.2, 0.25) is 10.0 Å². The van der Waals surface area contributed by atoms with Gasteiger partial charge in [0, 0.05) is 13.0 Å². The van der Waals surface area contributed by atoms with Crippen LogP contribution in [0, 0.1) is 11.5 Å². The van der Waals surface area contributed by atoms with Crippen LogP contribution in [0.15, 0.2) is 0 Å². The van der Waals surface area contributed by atoms with Gasteiger partial charge in [-0.25, -0.2) is 9.69 Å². The first-order valence-corrected chi connectivity index (χ1v) is 11.2. The molecule has 0 saturated carbocycles. The molecular weight excluding hydrogens is 337 g/mol. The summed E-state index contributed by atoms with van der Waals surface area (Å²) in [5.74, 6) is 2.86. The number of halogens is 3. The maximum atomic E-state index is 12.3. The molecule has 0 bridgehead atoms. The van der Waals surface area contributed by atoms with Gasteiger partial charge in [0.1, 0.15) is 13.6 Å². The van der Waals surface area contributed by atoms with Crippen LogP contribution < -0.4 is 0 Å². The van der Waals surface area contributed by atoms with Crippen LogP contribution in [0.25, 0.3) is 0 Å². The molecule has 2 aliphatic rings. The van der Waals surface area contributed by atoms with E-state index in [1.54, 1.807) is 0 Å². The predicted octanol–water partition coefficient (Wildman–Crippen LogP) is 3.35. The fraction of sp³-hybridized carbons (Fsp3) is 0.769. The molecule has 0 unspecified atom stereocenters. The molecule has 3 nitrogen and oxygen atoms in total. The molecule has 112 valence electrons. The third-order valence-electron chi connectivity index (χ3n) is 3.55. The van der Waals surface area contributed by atoms with E-state index in [-0.39, 0.29) is 5.97 Å². The van der Waals surface area contributed by atoms with Gasteiger partial charge in [-0.2, -0.15) is 0 Å². The standard InChI is InChI=1S/C13H18Cl3NO2Si/c1-20(2,3)9-5-7-12-6-4-8-17(12)10(13(14,15)16)19-11(12)18/h10H,4,6-8H2,1-3H3/t10-,12-/m1/s1. The highest BCUT2D eigenvalue weighted by Gasteiger charge is 2.62. The Morgan fingerprint density at radius 3 is 2.65 bits per heavy atom. The zero-order valence-electron chi connectivity index (χ0n) is 11.8.